The van der Waals surface area contributed by atoms with E-state index in [-0.39, 0.29) is 0 Å². The summed E-state index contributed by atoms with van der Waals surface area (Å²) < 4.78 is 30.4. The predicted octanol–water partition coefficient (Wildman–Crippen LogP) is 5.53. The fourth-order valence-corrected chi connectivity index (χ4v) is 4.37. The van der Waals surface area contributed by atoms with Crippen LogP contribution in [0.1, 0.15) is 0 Å². The molecule has 2 aromatic heterocycles. The van der Waals surface area contributed by atoms with E-state index in [9.17, 15) is 0 Å². The van der Waals surface area contributed by atoms with Gasteiger partial charge in [0, 0.05) is 33.8 Å². The van der Waals surface area contributed by atoms with E-state index < -0.39 is 10.2 Å². The molecule has 10 nitrogen and oxygen atoms in total. The molecule has 190 valence electrons. The van der Waals surface area contributed by atoms with Crippen molar-refractivity contribution in [3.63, 3.8) is 0 Å². The van der Waals surface area contributed by atoms with E-state index in [4.69, 9.17) is 30.6 Å². The largest absolute Gasteiger partial charge is 0.356 e. The average Bonchev–Trinajstić information content (AvgIpc) is 2.88. The van der Waals surface area contributed by atoms with Crippen LogP contribution in [0.3, 0.4) is 0 Å². The van der Waals surface area contributed by atoms with Gasteiger partial charge in [-0.3, -0.25) is 0 Å². The molecule has 4 aromatic carbocycles. The number of fused-ring (bicyclic) bond motifs is 4. The van der Waals surface area contributed by atoms with E-state index in [1.807, 2.05) is 72.8 Å². The third-order valence-corrected chi connectivity index (χ3v) is 5.78. The van der Waals surface area contributed by atoms with Gasteiger partial charge in [-0.25, -0.2) is 0 Å². The Balaban J connectivity index is 0.000000373. The summed E-state index contributed by atoms with van der Waals surface area (Å²) in [6, 6.07) is 29.9. The predicted molar refractivity (Wildman–Crippen MR) is 136 cm³/mol. The molecule has 2 heterocycles. The maximum atomic E-state index is 15.2. The Morgan fingerprint density at radius 2 is 0.816 bits per heavy atom. The van der Waals surface area contributed by atoms with Crippen molar-refractivity contribution in [2.24, 2.45) is 0 Å². The molecule has 0 spiro atoms. The molecule has 0 N–H and O–H groups in total. The highest BCUT2D eigenvalue weighted by Gasteiger charge is 2.22. The third kappa shape index (κ3) is 5.04. The van der Waals surface area contributed by atoms with Crippen LogP contribution in [0.15, 0.2) is 97.1 Å². The van der Waals surface area contributed by atoms with Crippen molar-refractivity contribution >= 4 is 43.6 Å². The smallest absolute Gasteiger partial charge is 0.262 e. The van der Waals surface area contributed by atoms with Crippen molar-refractivity contribution in [3.05, 3.63) is 128 Å². The summed E-state index contributed by atoms with van der Waals surface area (Å²) in [6.45, 7) is 0. The Kier molecular flexibility index (Phi) is 7.15. The monoisotopic (exact) mass is 518 g/mol. The Labute approximate surface area is 211 Å². The van der Waals surface area contributed by atoms with E-state index in [2.05, 4.69) is 0 Å². The minimum atomic E-state index is -1.75. The SMILES string of the molecule is F[n+]1c2ccccc2cc2c(-c3cccc4c3cc3ccccc3[n+]4F)cccc21.O=[N+]([O-])[O-].O=[N+]([O-])[O-]. The standard InChI is InChI=1S/C26H16F2N2.2NO3/c27-29-23-11-3-1-7-17(23)15-21-19(9-5-13-25(21)29)20-10-6-14-26-22(20)16-18-8-2-4-12-24(18)30(26)28;2*2-1(3)4/h1-16H;;/q+2;2*-1. The van der Waals surface area contributed by atoms with Crippen LogP contribution >= 0.6 is 0 Å². The molecule has 0 saturated heterocycles. The van der Waals surface area contributed by atoms with Crippen LogP contribution in [-0.2, 0) is 0 Å². The van der Waals surface area contributed by atoms with Gasteiger partial charge in [0.2, 0.25) is 0 Å². The topological polar surface area (TPSA) is 140 Å². The zero-order valence-electron chi connectivity index (χ0n) is 19.2. The Morgan fingerprint density at radius 3 is 1.18 bits per heavy atom. The summed E-state index contributed by atoms with van der Waals surface area (Å²) in [5, 5.41) is 32.7. The molecule has 0 amide bonds. The van der Waals surface area contributed by atoms with Crippen molar-refractivity contribution in [1.29, 1.82) is 0 Å². The van der Waals surface area contributed by atoms with Crippen LogP contribution in [0.25, 0.3) is 54.7 Å². The number of hydrogen-bond acceptors (Lipinski definition) is 6. The van der Waals surface area contributed by atoms with Crippen LogP contribution < -0.4 is 9.58 Å². The van der Waals surface area contributed by atoms with E-state index in [1.165, 1.54) is 0 Å². The third-order valence-electron chi connectivity index (χ3n) is 5.78. The summed E-state index contributed by atoms with van der Waals surface area (Å²) in [7, 11) is 0. The highest BCUT2D eigenvalue weighted by Crippen LogP contribution is 2.34. The summed E-state index contributed by atoms with van der Waals surface area (Å²) >= 11 is 0. The quantitative estimate of drug-likeness (QED) is 0.159. The van der Waals surface area contributed by atoms with E-state index in [1.54, 1.807) is 24.3 Å². The number of pyridine rings is 2. The van der Waals surface area contributed by atoms with Crippen molar-refractivity contribution in [1.82, 2.24) is 0 Å². The zero-order chi connectivity index (χ0) is 27.4. The minimum absolute atomic E-state index is 0.483. The molecule has 12 heteroatoms. The van der Waals surface area contributed by atoms with E-state index >= 15 is 8.96 Å². The molecule has 0 aliphatic rings. The first kappa shape index (κ1) is 25.6. The normalized spacial score (nSPS) is 10.5. The van der Waals surface area contributed by atoms with Gasteiger partial charge in [0.1, 0.15) is 0 Å². The number of para-hydroxylation sites is 2. The number of benzene rings is 4. The van der Waals surface area contributed by atoms with Gasteiger partial charge in [-0.2, -0.15) is 0 Å². The molecule has 0 aliphatic carbocycles. The van der Waals surface area contributed by atoms with Gasteiger partial charge in [-0.15, -0.1) is 0 Å². The molecule has 0 atom stereocenters. The lowest BCUT2D eigenvalue weighted by molar-refractivity contribution is -0.800. The summed E-state index contributed by atoms with van der Waals surface area (Å²) in [5.41, 5.74) is 3.74. The molecular formula is C26H16F2N4O6. The summed E-state index contributed by atoms with van der Waals surface area (Å²) in [5.74, 6) is 0. The van der Waals surface area contributed by atoms with Crippen molar-refractivity contribution in [3.8, 4) is 11.1 Å². The second-order valence-electron chi connectivity index (χ2n) is 7.89. The Morgan fingerprint density at radius 1 is 0.500 bits per heavy atom. The van der Waals surface area contributed by atoms with Crippen molar-refractivity contribution < 1.29 is 28.7 Å². The second kappa shape index (κ2) is 10.6. The molecular weight excluding hydrogens is 502 g/mol. The van der Waals surface area contributed by atoms with Crippen LogP contribution in [0.4, 0.5) is 8.96 Å². The van der Waals surface area contributed by atoms with Crippen LogP contribution in [0.2, 0.25) is 0 Å². The molecule has 0 bridgehead atoms. The number of hydrogen-bond donors (Lipinski definition) is 0. The molecule has 6 rings (SSSR count). The van der Waals surface area contributed by atoms with Crippen LogP contribution in [-0.4, -0.2) is 10.2 Å². The summed E-state index contributed by atoms with van der Waals surface area (Å²) in [6.07, 6.45) is 0. The summed E-state index contributed by atoms with van der Waals surface area (Å²) in [4.78, 5) is 18.0. The highest BCUT2D eigenvalue weighted by atomic mass is 19.2. The van der Waals surface area contributed by atoms with Gasteiger partial charge < -0.3 is 30.6 Å². The molecule has 0 radical (unpaired) electrons. The number of nitrogens with zero attached hydrogens (tertiary/aromatic N) is 4. The first-order valence-corrected chi connectivity index (χ1v) is 10.9. The average molecular weight is 518 g/mol. The first-order valence-electron chi connectivity index (χ1n) is 10.9. The lowest BCUT2D eigenvalue weighted by Crippen LogP contribution is -2.25. The van der Waals surface area contributed by atoms with Crippen molar-refractivity contribution in [2.45, 2.75) is 0 Å². The fourth-order valence-electron chi connectivity index (χ4n) is 4.37. The van der Waals surface area contributed by atoms with Crippen LogP contribution in [0.5, 0.6) is 0 Å². The minimum Gasteiger partial charge on any atom is -0.356 e. The van der Waals surface area contributed by atoms with Gasteiger partial charge >= 0.3 is 0 Å². The highest BCUT2D eigenvalue weighted by molar-refractivity contribution is 6.06. The van der Waals surface area contributed by atoms with Crippen molar-refractivity contribution in [2.75, 3.05) is 0 Å². The van der Waals surface area contributed by atoms with Gasteiger partial charge in [0.25, 0.3) is 22.1 Å². The Bertz CT molecular complexity index is 1710. The number of halogens is 2. The van der Waals surface area contributed by atoms with Gasteiger partial charge in [-0.05, 0) is 35.4 Å². The zero-order valence-corrected chi connectivity index (χ0v) is 19.2. The second-order valence-corrected chi connectivity index (χ2v) is 7.89. The molecule has 0 fully saturated rings. The number of aromatic nitrogens is 2. The van der Waals surface area contributed by atoms with Gasteiger partial charge in [0.15, 0.2) is 0 Å². The van der Waals surface area contributed by atoms with Crippen LogP contribution in [0, 0.1) is 30.6 Å². The lowest BCUT2D eigenvalue weighted by atomic mass is 9.95. The molecule has 6 aromatic rings. The molecule has 38 heavy (non-hydrogen) atoms. The molecule has 0 unspecified atom stereocenters. The van der Waals surface area contributed by atoms with E-state index in [0.29, 0.717) is 22.1 Å². The maximum absolute atomic E-state index is 15.2. The van der Waals surface area contributed by atoms with Gasteiger partial charge in [-0.1, -0.05) is 48.5 Å². The maximum Gasteiger partial charge on any atom is 0.262 e. The molecule has 0 aliphatic heterocycles. The fraction of sp³-hybridized carbons (Fsp3) is 0. The molecule has 0 saturated carbocycles. The van der Waals surface area contributed by atoms with E-state index in [0.717, 1.165) is 42.3 Å². The lowest BCUT2D eigenvalue weighted by Gasteiger charge is -2.08. The first-order chi connectivity index (χ1) is 18.2. The number of rotatable bonds is 1. The van der Waals surface area contributed by atoms with Gasteiger partial charge in [0.05, 0.1) is 40.7 Å². The Hall–Kier alpha value is -5.52.